The van der Waals surface area contributed by atoms with Gasteiger partial charge in [0.2, 0.25) is 0 Å². The number of rotatable bonds is 5. The molecule has 0 saturated carbocycles. The molecule has 0 radical (unpaired) electrons. The molecule has 3 nitrogen and oxygen atoms in total. The summed E-state index contributed by atoms with van der Waals surface area (Å²) in [6.07, 6.45) is 2.70. The highest BCUT2D eigenvalue weighted by Crippen LogP contribution is 2.25. The Morgan fingerprint density at radius 2 is 2.47 bits per heavy atom. The van der Waals surface area contributed by atoms with Gasteiger partial charge in [-0.2, -0.15) is 0 Å². The monoisotopic (exact) mass is 248 g/mol. The molecule has 0 aliphatic heterocycles. The Morgan fingerprint density at radius 3 is 3.18 bits per heavy atom. The molecule has 0 unspecified atom stereocenters. The van der Waals surface area contributed by atoms with E-state index in [0.717, 1.165) is 24.2 Å². The highest BCUT2D eigenvalue weighted by atomic mass is 32.1. The fourth-order valence-corrected chi connectivity index (χ4v) is 2.71. The van der Waals surface area contributed by atoms with Crippen molar-refractivity contribution in [2.24, 2.45) is 0 Å². The van der Waals surface area contributed by atoms with Gasteiger partial charge < -0.3 is 9.88 Å². The lowest BCUT2D eigenvalue weighted by Gasteiger charge is -2.08. The van der Waals surface area contributed by atoms with Crippen LogP contribution < -0.4 is 5.32 Å². The summed E-state index contributed by atoms with van der Waals surface area (Å²) in [5.41, 5.74) is 1.90. The second-order valence-corrected chi connectivity index (χ2v) is 4.80. The molecule has 0 aromatic carbocycles. The number of carbonyl (C=O) groups is 1. The maximum atomic E-state index is 12.0. The number of amides is 1. The number of carbonyl (C=O) groups excluding carboxylic acids is 1. The van der Waals surface area contributed by atoms with Crippen LogP contribution in [0.15, 0.2) is 30.2 Å². The molecule has 0 aliphatic rings. The predicted molar refractivity (Wildman–Crippen MR) is 72.6 cm³/mol. The molecule has 0 spiro atoms. The molecule has 90 valence electrons. The Hall–Kier alpha value is -1.55. The Labute approximate surface area is 105 Å². The van der Waals surface area contributed by atoms with E-state index in [9.17, 15) is 4.79 Å². The molecule has 0 atom stereocenters. The second kappa shape index (κ2) is 5.19. The van der Waals surface area contributed by atoms with Crippen LogP contribution in [0.25, 0.3) is 10.2 Å². The van der Waals surface area contributed by atoms with Gasteiger partial charge in [0.25, 0.3) is 5.91 Å². The zero-order valence-corrected chi connectivity index (χ0v) is 10.7. The smallest absolute Gasteiger partial charge is 0.268 e. The summed E-state index contributed by atoms with van der Waals surface area (Å²) in [5.74, 6) is -0.0262. The van der Waals surface area contributed by atoms with Crippen LogP contribution in [0.2, 0.25) is 0 Å². The summed E-state index contributed by atoms with van der Waals surface area (Å²) in [5, 5.41) is 4.88. The van der Waals surface area contributed by atoms with Crippen molar-refractivity contribution >= 4 is 27.5 Å². The molecular weight excluding hydrogens is 232 g/mol. The first-order chi connectivity index (χ1) is 8.27. The molecule has 0 saturated heterocycles. The van der Waals surface area contributed by atoms with E-state index >= 15 is 0 Å². The molecule has 0 aliphatic carbocycles. The fraction of sp³-hybridized carbons (Fsp3) is 0.308. The van der Waals surface area contributed by atoms with Gasteiger partial charge in [-0.15, -0.1) is 17.9 Å². The maximum absolute atomic E-state index is 12.0. The molecule has 1 amide bonds. The van der Waals surface area contributed by atoms with Crippen molar-refractivity contribution < 1.29 is 4.79 Å². The van der Waals surface area contributed by atoms with Gasteiger partial charge in [-0.3, -0.25) is 4.79 Å². The molecular formula is C13H16N2OS. The highest BCUT2D eigenvalue weighted by molar-refractivity contribution is 7.17. The first-order valence-corrected chi connectivity index (χ1v) is 6.61. The molecule has 0 bridgehead atoms. The van der Waals surface area contributed by atoms with Crippen LogP contribution in [0.5, 0.6) is 0 Å². The normalized spacial score (nSPS) is 10.6. The summed E-state index contributed by atoms with van der Waals surface area (Å²) >= 11 is 1.67. The van der Waals surface area contributed by atoms with Crippen molar-refractivity contribution in [3.8, 4) is 0 Å². The van der Waals surface area contributed by atoms with Crippen LogP contribution in [0.1, 0.15) is 23.8 Å². The lowest BCUT2D eigenvalue weighted by atomic mass is 10.3. The number of hydrogen-bond acceptors (Lipinski definition) is 2. The number of thiophene rings is 1. The van der Waals surface area contributed by atoms with Crippen molar-refractivity contribution in [3.05, 3.63) is 35.9 Å². The number of aromatic nitrogens is 1. The van der Waals surface area contributed by atoms with Crippen molar-refractivity contribution in [1.29, 1.82) is 0 Å². The van der Waals surface area contributed by atoms with Crippen LogP contribution >= 0.6 is 11.3 Å². The number of aryl methyl sites for hydroxylation is 1. The van der Waals surface area contributed by atoms with Gasteiger partial charge in [0.1, 0.15) is 5.69 Å². The zero-order chi connectivity index (χ0) is 12.3. The minimum atomic E-state index is -0.0262. The number of nitrogens with one attached hydrogen (secondary N) is 1. The van der Waals surface area contributed by atoms with E-state index in [2.05, 4.69) is 34.8 Å². The number of fused-ring (bicyclic) bond motifs is 1. The van der Waals surface area contributed by atoms with Gasteiger partial charge in [0, 0.05) is 13.1 Å². The molecule has 1 N–H and O–H groups in total. The van der Waals surface area contributed by atoms with Gasteiger partial charge in [0.15, 0.2) is 0 Å². The molecule has 4 heteroatoms. The molecule has 2 rings (SSSR count). The van der Waals surface area contributed by atoms with Crippen LogP contribution in [-0.2, 0) is 6.54 Å². The van der Waals surface area contributed by atoms with E-state index in [0.29, 0.717) is 6.54 Å². The summed E-state index contributed by atoms with van der Waals surface area (Å²) < 4.78 is 3.26. The van der Waals surface area contributed by atoms with Gasteiger partial charge in [-0.05, 0) is 23.9 Å². The second-order valence-electron chi connectivity index (χ2n) is 3.85. The first-order valence-electron chi connectivity index (χ1n) is 5.73. The van der Waals surface area contributed by atoms with Gasteiger partial charge in [-0.1, -0.05) is 13.0 Å². The Morgan fingerprint density at radius 1 is 1.65 bits per heavy atom. The standard InChI is InChI=1S/C13H16N2OS/c1-3-6-14-13(16)11-9-12-10(5-8-17-12)15(11)7-4-2/h3,5,8-9H,1,4,6-7H2,2H3,(H,14,16). The van der Waals surface area contributed by atoms with Gasteiger partial charge >= 0.3 is 0 Å². The SMILES string of the molecule is C=CCNC(=O)c1cc2sccc2n1CCC. The van der Waals surface area contributed by atoms with Gasteiger partial charge in [-0.25, -0.2) is 0 Å². The van der Waals surface area contributed by atoms with E-state index in [1.54, 1.807) is 17.4 Å². The lowest BCUT2D eigenvalue weighted by Crippen LogP contribution is -2.25. The summed E-state index contributed by atoms with van der Waals surface area (Å²) in [7, 11) is 0. The minimum Gasteiger partial charge on any atom is -0.347 e. The number of hydrogen-bond donors (Lipinski definition) is 1. The van der Waals surface area contributed by atoms with E-state index in [1.807, 2.05) is 6.07 Å². The topological polar surface area (TPSA) is 34.0 Å². The van der Waals surface area contributed by atoms with Gasteiger partial charge in [0.05, 0.1) is 10.2 Å². The van der Waals surface area contributed by atoms with Crippen molar-refractivity contribution in [1.82, 2.24) is 9.88 Å². The average molecular weight is 248 g/mol. The van der Waals surface area contributed by atoms with Crippen LogP contribution in [0.3, 0.4) is 0 Å². The Kier molecular flexibility index (Phi) is 3.64. The summed E-state index contributed by atoms with van der Waals surface area (Å²) in [4.78, 5) is 12.0. The molecule has 2 heterocycles. The predicted octanol–water partition coefficient (Wildman–Crippen LogP) is 3.03. The minimum absolute atomic E-state index is 0.0262. The zero-order valence-electron chi connectivity index (χ0n) is 9.90. The van der Waals surface area contributed by atoms with E-state index < -0.39 is 0 Å². The molecule has 2 aromatic heterocycles. The third-order valence-corrected chi connectivity index (χ3v) is 3.46. The van der Waals surface area contributed by atoms with Crippen LogP contribution in [0.4, 0.5) is 0 Å². The molecule has 0 fully saturated rings. The third kappa shape index (κ3) is 2.26. The van der Waals surface area contributed by atoms with Crippen molar-refractivity contribution in [3.63, 3.8) is 0 Å². The van der Waals surface area contributed by atoms with Crippen LogP contribution in [-0.4, -0.2) is 17.0 Å². The van der Waals surface area contributed by atoms with E-state index in [1.165, 1.54) is 4.70 Å². The quantitative estimate of drug-likeness (QED) is 0.811. The largest absolute Gasteiger partial charge is 0.347 e. The Balaban J connectivity index is 2.37. The molecule has 2 aromatic rings. The summed E-state index contributed by atoms with van der Waals surface area (Å²) in [6, 6.07) is 4.04. The average Bonchev–Trinajstić information content (AvgIpc) is 2.89. The highest BCUT2D eigenvalue weighted by Gasteiger charge is 2.14. The van der Waals surface area contributed by atoms with E-state index in [-0.39, 0.29) is 5.91 Å². The van der Waals surface area contributed by atoms with Crippen molar-refractivity contribution in [2.45, 2.75) is 19.9 Å². The lowest BCUT2D eigenvalue weighted by molar-refractivity contribution is 0.0949. The number of nitrogens with zero attached hydrogens (tertiary/aromatic N) is 1. The van der Waals surface area contributed by atoms with E-state index in [4.69, 9.17) is 0 Å². The molecule has 17 heavy (non-hydrogen) atoms. The fourth-order valence-electron chi connectivity index (χ4n) is 1.89. The maximum Gasteiger partial charge on any atom is 0.268 e. The van der Waals surface area contributed by atoms with Crippen LogP contribution in [0, 0.1) is 0 Å². The first kappa shape index (κ1) is 11.9. The third-order valence-electron chi connectivity index (χ3n) is 2.61. The van der Waals surface area contributed by atoms with Crippen molar-refractivity contribution in [2.75, 3.05) is 6.54 Å². The Bertz CT molecular complexity index is 539. The summed E-state index contributed by atoms with van der Waals surface area (Å²) in [6.45, 7) is 7.09.